The minimum Gasteiger partial charge on any atom is -0.508 e. The molecular weight excluding hydrogens is 340 g/mol. The van der Waals surface area contributed by atoms with Gasteiger partial charge in [-0.2, -0.15) is 0 Å². The molecular formula is C18H14N2O6. The molecule has 26 heavy (non-hydrogen) atoms. The number of hydrogen-bond donors (Lipinski definition) is 2. The standard InChI is InChI=1S/C18H14N2O6/c21-13-5-3-4-12(10-13)19-18(22)17-9-8-14(26-17)11-25-16-7-2-1-6-15(16)20(23)24/h1-10,21H,11H2,(H,19,22). The van der Waals surface area contributed by atoms with Crippen LogP contribution < -0.4 is 10.1 Å². The van der Waals surface area contributed by atoms with Crippen LogP contribution in [0, 0.1) is 10.1 Å². The number of ether oxygens (including phenoxy) is 1. The summed E-state index contributed by atoms with van der Waals surface area (Å²) in [4.78, 5) is 22.6. The van der Waals surface area contributed by atoms with Crippen LogP contribution in [0.25, 0.3) is 0 Å². The number of carbonyl (C=O) groups excluding carboxylic acids is 1. The van der Waals surface area contributed by atoms with Gasteiger partial charge in [0.1, 0.15) is 18.1 Å². The Morgan fingerprint density at radius 2 is 1.96 bits per heavy atom. The first-order chi connectivity index (χ1) is 12.5. The molecule has 1 aromatic heterocycles. The van der Waals surface area contributed by atoms with Gasteiger partial charge in [-0.1, -0.05) is 18.2 Å². The Kier molecular flexibility index (Phi) is 4.84. The first-order valence-corrected chi connectivity index (χ1v) is 7.58. The lowest BCUT2D eigenvalue weighted by Crippen LogP contribution is -2.10. The van der Waals surface area contributed by atoms with Gasteiger partial charge in [0.25, 0.3) is 5.91 Å². The molecule has 0 bridgehead atoms. The summed E-state index contributed by atoms with van der Waals surface area (Å²) in [5, 5.41) is 22.9. The van der Waals surface area contributed by atoms with Crippen molar-refractivity contribution in [2.45, 2.75) is 6.61 Å². The fourth-order valence-electron chi connectivity index (χ4n) is 2.23. The van der Waals surface area contributed by atoms with Crippen molar-refractivity contribution in [1.29, 1.82) is 0 Å². The Balaban J connectivity index is 1.65. The fourth-order valence-corrected chi connectivity index (χ4v) is 2.23. The lowest BCUT2D eigenvalue weighted by molar-refractivity contribution is -0.386. The Labute approximate surface area is 147 Å². The van der Waals surface area contributed by atoms with Crippen molar-refractivity contribution in [2.75, 3.05) is 5.32 Å². The number of carbonyl (C=O) groups is 1. The van der Waals surface area contributed by atoms with E-state index in [2.05, 4.69) is 5.32 Å². The van der Waals surface area contributed by atoms with Gasteiger partial charge < -0.3 is 19.6 Å². The van der Waals surface area contributed by atoms with E-state index in [1.807, 2.05) is 0 Å². The molecule has 0 aliphatic carbocycles. The van der Waals surface area contributed by atoms with Crippen LogP contribution in [0.3, 0.4) is 0 Å². The SMILES string of the molecule is O=C(Nc1cccc(O)c1)c1ccc(COc2ccccc2[N+](=O)[O-])o1. The topological polar surface area (TPSA) is 115 Å². The molecule has 0 radical (unpaired) electrons. The number of aromatic hydroxyl groups is 1. The number of rotatable bonds is 6. The zero-order chi connectivity index (χ0) is 18.5. The van der Waals surface area contributed by atoms with Crippen molar-refractivity contribution in [3.8, 4) is 11.5 Å². The Morgan fingerprint density at radius 3 is 2.73 bits per heavy atom. The molecule has 0 unspecified atom stereocenters. The van der Waals surface area contributed by atoms with Crippen LogP contribution in [-0.2, 0) is 6.61 Å². The zero-order valence-corrected chi connectivity index (χ0v) is 13.4. The van der Waals surface area contributed by atoms with Gasteiger partial charge in [0.15, 0.2) is 11.5 Å². The summed E-state index contributed by atoms with van der Waals surface area (Å²) in [5.74, 6) is 0.0340. The highest BCUT2D eigenvalue weighted by Gasteiger charge is 2.16. The summed E-state index contributed by atoms with van der Waals surface area (Å²) >= 11 is 0. The van der Waals surface area contributed by atoms with E-state index in [-0.39, 0.29) is 29.6 Å². The second-order valence-electron chi connectivity index (χ2n) is 5.28. The molecule has 3 aromatic rings. The average molecular weight is 354 g/mol. The molecule has 8 nitrogen and oxygen atoms in total. The molecule has 1 amide bonds. The van der Waals surface area contributed by atoms with Crippen molar-refractivity contribution < 1.29 is 24.0 Å². The summed E-state index contributed by atoms with van der Waals surface area (Å²) in [6.45, 7) is -0.0652. The molecule has 2 aromatic carbocycles. The first-order valence-electron chi connectivity index (χ1n) is 7.58. The maximum absolute atomic E-state index is 12.1. The van der Waals surface area contributed by atoms with Crippen LogP contribution >= 0.6 is 0 Å². The summed E-state index contributed by atoms with van der Waals surface area (Å²) < 4.78 is 10.8. The molecule has 2 N–H and O–H groups in total. The molecule has 0 aliphatic rings. The van der Waals surface area contributed by atoms with Gasteiger partial charge >= 0.3 is 5.69 Å². The third-order valence-corrected chi connectivity index (χ3v) is 3.42. The third-order valence-electron chi connectivity index (χ3n) is 3.42. The molecule has 0 fully saturated rings. The summed E-state index contributed by atoms with van der Waals surface area (Å²) in [5.41, 5.74) is 0.269. The van der Waals surface area contributed by atoms with E-state index >= 15 is 0 Å². The van der Waals surface area contributed by atoms with Gasteiger partial charge in [-0.3, -0.25) is 14.9 Å². The van der Waals surface area contributed by atoms with Gasteiger partial charge in [0.2, 0.25) is 0 Å². The molecule has 8 heteroatoms. The number of nitro groups is 1. The molecule has 3 rings (SSSR count). The maximum atomic E-state index is 12.1. The summed E-state index contributed by atoms with van der Waals surface area (Å²) in [6, 6.07) is 15.1. The first kappa shape index (κ1) is 17.0. The van der Waals surface area contributed by atoms with Gasteiger partial charge in [-0.05, 0) is 30.3 Å². The van der Waals surface area contributed by atoms with Crippen LogP contribution in [0.4, 0.5) is 11.4 Å². The van der Waals surface area contributed by atoms with Crippen LogP contribution in [0.5, 0.6) is 11.5 Å². The van der Waals surface area contributed by atoms with Gasteiger partial charge in [0.05, 0.1) is 4.92 Å². The molecule has 1 heterocycles. The Bertz CT molecular complexity index is 950. The van der Waals surface area contributed by atoms with E-state index in [9.17, 15) is 20.0 Å². The van der Waals surface area contributed by atoms with Crippen LogP contribution in [0.15, 0.2) is 65.1 Å². The monoisotopic (exact) mass is 354 g/mol. The van der Waals surface area contributed by atoms with Crippen LogP contribution in [0.1, 0.15) is 16.3 Å². The molecule has 0 spiro atoms. The molecule has 0 saturated carbocycles. The number of nitro benzene ring substituents is 1. The van der Waals surface area contributed by atoms with Gasteiger partial charge in [0, 0.05) is 17.8 Å². The van der Waals surface area contributed by atoms with Crippen molar-refractivity contribution in [3.05, 3.63) is 82.3 Å². The lowest BCUT2D eigenvalue weighted by Gasteiger charge is -2.05. The number of benzene rings is 2. The van der Waals surface area contributed by atoms with E-state index in [1.165, 1.54) is 30.3 Å². The number of anilines is 1. The van der Waals surface area contributed by atoms with Gasteiger partial charge in [-0.25, -0.2) is 0 Å². The molecule has 0 aliphatic heterocycles. The van der Waals surface area contributed by atoms with Crippen LogP contribution in [0.2, 0.25) is 0 Å². The van der Waals surface area contributed by atoms with Crippen molar-refractivity contribution in [2.24, 2.45) is 0 Å². The Morgan fingerprint density at radius 1 is 1.15 bits per heavy atom. The number of phenolic OH excluding ortho intramolecular Hbond substituents is 1. The maximum Gasteiger partial charge on any atom is 0.310 e. The van der Waals surface area contributed by atoms with Gasteiger partial charge in [-0.15, -0.1) is 0 Å². The molecule has 0 atom stereocenters. The number of nitrogens with zero attached hydrogens (tertiary/aromatic N) is 1. The second kappa shape index (κ2) is 7.39. The normalized spacial score (nSPS) is 10.3. The zero-order valence-electron chi connectivity index (χ0n) is 13.4. The van der Waals surface area contributed by atoms with Crippen molar-refractivity contribution in [3.63, 3.8) is 0 Å². The average Bonchev–Trinajstić information content (AvgIpc) is 3.09. The summed E-state index contributed by atoms with van der Waals surface area (Å²) in [7, 11) is 0. The van der Waals surface area contributed by atoms with Crippen molar-refractivity contribution in [1.82, 2.24) is 0 Å². The number of para-hydroxylation sites is 2. The van der Waals surface area contributed by atoms with E-state index in [4.69, 9.17) is 9.15 Å². The number of hydrogen-bond acceptors (Lipinski definition) is 6. The van der Waals surface area contributed by atoms with E-state index in [0.717, 1.165) is 0 Å². The molecule has 132 valence electrons. The second-order valence-corrected chi connectivity index (χ2v) is 5.28. The number of furan rings is 1. The highest BCUT2D eigenvalue weighted by Crippen LogP contribution is 2.27. The number of phenols is 1. The minimum absolute atomic E-state index is 0.0285. The smallest absolute Gasteiger partial charge is 0.310 e. The summed E-state index contributed by atoms with van der Waals surface area (Å²) in [6.07, 6.45) is 0. The quantitative estimate of drug-likeness (QED) is 0.515. The van der Waals surface area contributed by atoms with E-state index < -0.39 is 10.8 Å². The predicted molar refractivity (Wildman–Crippen MR) is 92.2 cm³/mol. The minimum atomic E-state index is -0.536. The highest BCUT2D eigenvalue weighted by molar-refractivity contribution is 6.02. The highest BCUT2D eigenvalue weighted by atomic mass is 16.6. The van der Waals surface area contributed by atoms with Crippen LogP contribution in [-0.4, -0.2) is 15.9 Å². The predicted octanol–water partition coefficient (Wildman–Crippen LogP) is 3.72. The van der Waals surface area contributed by atoms with Crippen molar-refractivity contribution >= 4 is 17.3 Å². The van der Waals surface area contributed by atoms with E-state index in [0.29, 0.717) is 11.4 Å². The fraction of sp³-hybridized carbons (Fsp3) is 0.0556. The third kappa shape index (κ3) is 3.99. The Hall–Kier alpha value is -3.81. The number of nitrogens with one attached hydrogen (secondary N) is 1. The molecule has 0 saturated heterocycles. The van der Waals surface area contributed by atoms with E-state index in [1.54, 1.807) is 30.3 Å². The number of amides is 1. The lowest BCUT2D eigenvalue weighted by atomic mass is 10.3. The largest absolute Gasteiger partial charge is 0.508 e.